The number of pyridine rings is 1. The van der Waals surface area contributed by atoms with E-state index >= 15 is 0 Å². The molecule has 2 amide bonds. The number of Topliss-reactive ketones (excluding diaryl/α,β-unsaturated/α-hetero) is 1. The summed E-state index contributed by atoms with van der Waals surface area (Å²) in [5.41, 5.74) is 0.812. The number of amides is 2. The molecule has 1 atom stereocenters. The zero-order valence-corrected chi connectivity index (χ0v) is 13.5. The largest absolute Gasteiger partial charge is 0.328 e. The molecule has 1 aromatic rings. The SMILES string of the molecule is CC(C)C(=O)C(NC(=O)N(C)Cc1ccccn1)C(C)C. The van der Waals surface area contributed by atoms with Crippen LogP contribution in [0.2, 0.25) is 0 Å². The van der Waals surface area contributed by atoms with Crippen LogP contribution in [0.15, 0.2) is 24.4 Å². The van der Waals surface area contributed by atoms with Crippen molar-refractivity contribution in [1.29, 1.82) is 0 Å². The summed E-state index contributed by atoms with van der Waals surface area (Å²) in [7, 11) is 1.70. The Morgan fingerprint density at radius 2 is 1.90 bits per heavy atom. The lowest BCUT2D eigenvalue weighted by Crippen LogP contribution is -2.50. The molecule has 1 aromatic heterocycles. The third-order valence-corrected chi connectivity index (χ3v) is 3.29. The molecule has 0 spiro atoms. The van der Waals surface area contributed by atoms with Crippen LogP contribution in [-0.4, -0.2) is 34.8 Å². The Kier molecular flexibility index (Phi) is 6.34. The van der Waals surface area contributed by atoms with Gasteiger partial charge in [-0.25, -0.2) is 4.79 Å². The van der Waals surface area contributed by atoms with Gasteiger partial charge < -0.3 is 10.2 Å². The molecule has 1 unspecified atom stereocenters. The summed E-state index contributed by atoms with van der Waals surface area (Å²) in [5, 5.41) is 2.83. The number of hydrogen-bond acceptors (Lipinski definition) is 3. The Labute approximate surface area is 126 Å². The summed E-state index contributed by atoms with van der Waals surface area (Å²) in [6, 6.07) is 4.87. The van der Waals surface area contributed by atoms with E-state index in [2.05, 4.69) is 10.3 Å². The van der Waals surface area contributed by atoms with E-state index in [1.165, 1.54) is 4.90 Å². The molecule has 21 heavy (non-hydrogen) atoms. The van der Waals surface area contributed by atoms with Gasteiger partial charge in [0.1, 0.15) is 0 Å². The number of aromatic nitrogens is 1. The summed E-state index contributed by atoms with van der Waals surface area (Å²) in [6.07, 6.45) is 1.69. The topological polar surface area (TPSA) is 62.3 Å². The molecule has 0 aliphatic heterocycles. The molecule has 1 N–H and O–H groups in total. The number of carbonyl (C=O) groups excluding carboxylic acids is 2. The van der Waals surface area contributed by atoms with Crippen molar-refractivity contribution in [2.24, 2.45) is 11.8 Å². The van der Waals surface area contributed by atoms with E-state index in [0.717, 1.165) is 5.69 Å². The predicted molar refractivity (Wildman–Crippen MR) is 82.7 cm³/mol. The van der Waals surface area contributed by atoms with Gasteiger partial charge in [-0.1, -0.05) is 33.8 Å². The first-order valence-electron chi connectivity index (χ1n) is 7.28. The molecule has 1 rings (SSSR count). The summed E-state index contributed by atoms with van der Waals surface area (Å²) in [6.45, 7) is 7.98. The van der Waals surface area contributed by atoms with E-state index in [4.69, 9.17) is 0 Å². The van der Waals surface area contributed by atoms with E-state index in [-0.39, 0.29) is 23.7 Å². The summed E-state index contributed by atoms with van der Waals surface area (Å²) in [4.78, 5) is 30.1. The smallest absolute Gasteiger partial charge is 0.318 e. The molecule has 0 aromatic carbocycles. The molecule has 1 heterocycles. The molecule has 5 nitrogen and oxygen atoms in total. The first-order chi connectivity index (χ1) is 9.82. The van der Waals surface area contributed by atoms with Gasteiger partial charge in [0.05, 0.1) is 18.3 Å². The van der Waals surface area contributed by atoms with Crippen molar-refractivity contribution >= 4 is 11.8 Å². The Morgan fingerprint density at radius 3 is 2.38 bits per heavy atom. The van der Waals surface area contributed by atoms with Crippen molar-refractivity contribution in [2.45, 2.75) is 40.3 Å². The minimum atomic E-state index is -0.455. The quantitative estimate of drug-likeness (QED) is 0.875. The van der Waals surface area contributed by atoms with Crippen LogP contribution in [0.25, 0.3) is 0 Å². The highest BCUT2D eigenvalue weighted by molar-refractivity contribution is 5.89. The van der Waals surface area contributed by atoms with Crippen LogP contribution < -0.4 is 5.32 Å². The molecular formula is C16H25N3O2. The molecular weight excluding hydrogens is 266 g/mol. The van der Waals surface area contributed by atoms with E-state index in [1.807, 2.05) is 45.9 Å². The van der Waals surface area contributed by atoms with Crippen LogP contribution in [0.3, 0.4) is 0 Å². The molecule has 0 saturated heterocycles. The maximum atomic E-state index is 12.2. The highest BCUT2D eigenvalue weighted by Crippen LogP contribution is 2.10. The van der Waals surface area contributed by atoms with Gasteiger partial charge in [0.25, 0.3) is 0 Å². The number of nitrogens with zero attached hydrogens (tertiary/aromatic N) is 2. The van der Waals surface area contributed by atoms with Gasteiger partial charge in [-0.05, 0) is 18.1 Å². The Morgan fingerprint density at radius 1 is 1.24 bits per heavy atom. The predicted octanol–water partition coefficient (Wildman–Crippen LogP) is 2.47. The average molecular weight is 291 g/mol. The zero-order chi connectivity index (χ0) is 16.0. The van der Waals surface area contributed by atoms with Gasteiger partial charge in [0, 0.05) is 19.2 Å². The van der Waals surface area contributed by atoms with Gasteiger partial charge in [-0.2, -0.15) is 0 Å². The average Bonchev–Trinajstić information content (AvgIpc) is 2.44. The maximum absolute atomic E-state index is 12.2. The lowest BCUT2D eigenvalue weighted by Gasteiger charge is -2.26. The summed E-state index contributed by atoms with van der Waals surface area (Å²) < 4.78 is 0. The van der Waals surface area contributed by atoms with Crippen LogP contribution in [-0.2, 0) is 11.3 Å². The molecule has 0 aliphatic rings. The Balaban J connectivity index is 2.67. The molecule has 0 aliphatic carbocycles. The first-order valence-corrected chi connectivity index (χ1v) is 7.28. The normalized spacial score (nSPS) is 12.3. The van der Waals surface area contributed by atoms with Crippen molar-refractivity contribution in [3.63, 3.8) is 0 Å². The second kappa shape index (κ2) is 7.76. The standard InChI is InChI=1S/C16H25N3O2/c1-11(2)14(15(20)12(3)4)18-16(21)19(5)10-13-8-6-7-9-17-13/h6-9,11-12,14H,10H2,1-5H3,(H,18,21). The highest BCUT2D eigenvalue weighted by Gasteiger charge is 2.27. The number of nitrogens with one attached hydrogen (secondary N) is 1. The maximum Gasteiger partial charge on any atom is 0.318 e. The third-order valence-electron chi connectivity index (χ3n) is 3.29. The van der Waals surface area contributed by atoms with Crippen molar-refractivity contribution in [2.75, 3.05) is 7.05 Å². The van der Waals surface area contributed by atoms with Gasteiger partial charge in [-0.3, -0.25) is 9.78 Å². The molecule has 5 heteroatoms. The number of rotatable bonds is 6. The van der Waals surface area contributed by atoms with Crippen molar-refractivity contribution < 1.29 is 9.59 Å². The van der Waals surface area contributed by atoms with Gasteiger partial charge in [0.15, 0.2) is 5.78 Å². The molecule has 116 valence electrons. The Hall–Kier alpha value is -1.91. The fourth-order valence-electron chi connectivity index (χ4n) is 1.98. The zero-order valence-electron chi connectivity index (χ0n) is 13.5. The van der Waals surface area contributed by atoms with E-state index in [0.29, 0.717) is 6.54 Å². The highest BCUT2D eigenvalue weighted by atomic mass is 16.2. The lowest BCUT2D eigenvalue weighted by molar-refractivity contribution is -0.124. The molecule has 0 fully saturated rings. The minimum absolute atomic E-state index is 0.0598. The van der Waals surface area contributed by atoms with Crippen LogP contribution in [0.5, 0.6) is 0 Å². The summed E-state index contributed by atoms with van der Waals surface area (Å²) >= 11 is 0. The molecule has 0 saturated carbocycles. The minimum Gasteiger partial charge on any atom is -0.328 e. The van der Waals surface area contributed by atoms with Crippen molar-refractivity contribution in [3.05, 3.63) is 30.1 Å². The van der Waals surface area contributed by atoms with Gasteiger partial charge in [-0.15, -0.1) is 0 Å². The lowest BCUT2D eigenvalue weighted by atomic mass is 9.93. The van der Waals surface area contributed by atoms with Crippen molar-refractivity contribution in [1.82, 2.24) is 15.2 Å². The van der Waals surface area contributed by atoms with Crippen LogP contribution in [0.4, 0.5) is 4.79 Å². The van der Waals surface area contributed by atoms with E-state index in [1.54, 1.807) is 13.2 Å². The number of carbonyl (C=O) groups is 2. The number of hydrogen-bond donors (Lipinski definition) is 1. The summed E-state index contributed by atoms with van der Waals surface area (Å²) in [5.74, 6) is 0.0236. The number of ketones is 1. The first kappa shape index (κ1) is 17.1. The fraction of sp³-hybridized carbons (Fsp3) is 0.562. The van der Waals surface area contributed by atoms with Gasteiger partial charge >= 0.3 is 6.03 Å². The molecule has 0 bridgehead atoms. The van der Waals surface area contributed by atoms with Crippen LogP contribution in [0.1, 0.15) is 33.4 Å². The van der Waals surface area contributed by atoms with Crippen LogP contribution in [0, 0.1) is 11.8 Å². The third kappa shape index (κ3) is 5.17. The van der Waals surface area contributed by atoms with Crippen LogP contribution >= 0.6 is 0 Å². The second-order valence-corrected chi connectivity index (χ2v) is 5.91. The van der Waals surface area contributed by atoms with Gasteiger partial charge in [0.2, 0.25) is 0 Å². The van der Waals surface area contributed by atoms with Crippen molar-refractivity contribution in [3.8, 4) is 0 Å². The number of urea groups is 1. The molecule has 0 radical (unpaired) electrons. The second-order valence-electron chi connectivity index (χ2n) is 5.91. The monoisotopic (exact) mass is 291 g/mol. The van der Waals surface area contributed by atoms with E-state index < -0.39 is 6.04 Å². The fourth-order valence-corrected chi connectivity index (χ4v) is 1.98. The Bertz CT molecular complexity index is 472. The van der Waals surface area contributed by atoms with E-state index in [9.17, 15) is 9.59 Å².